The van der Waals surface area contributed by atoms with Crippen LogP contribution in [0, 0.1) is 0 Å². The summed E-state index contributed by atoms with van der Waals surface area (Å²) in [5, 5.41) is 2.43. The van der Waals surface area contributed by atoms with Crippen LogP contribution in [0.2, 0.25) is 0 Å². The Hall–Kier alpha value is -3.36. The second-order valence-electron chi connectivity index (χ2n) is 6.62. The van der Waals surface area contributed by atoms with Crippen molar-refractivity contribution in [2.45, 2.75) is 25.7 Å². The van der Waals surface area contributed by atoms with Crippen molar-refractivity contribution in [3.8, 4) is 0 Å². The quantitative estimate of drug-likeness (QED) is 0.332. The van der Waals surface area contributed by atoms with E-state index in [1.807, 2.05) is 60.7 Å². The van der Waals surface area contributed by atoms with Gasteiger partial charge in [0.25, 0.3) is 0 Å². The number of nitrogen functional groups attached to an aromatic ring is 1. The Kier molecular flexibility index (Phi) is 8.25. The number of carbonyl (C=O) groups excluding carboxylic acids is 1. The number of benzene rings is 2. The van der Waals surface area contributed by atoms with Crippen LogP contribution in [0.5, 0.6) is 0 Å². The third kappa shape index (κ3) is 6.61. The molecule has 0 saturated carbocycles. The summed E-state index contributed by atoms with van der Waals surface area (Å²) in [5.74, 6) is 0.453. The molecule has 1 amide bonds. The van der Waals surface area contributed by atoms with E-state index >= 15 is 0 Å². The van der Waals surface area contributed by atoms with E-state index in [0.717, 1.165) is 11.1 Å². The van der Waals surface area contributed by atoms with Crippen LogP contribution in [0.1, 0.15) is 17.5 Å². The topological polar surface area (TPSA) is 101 Å². The van der Waals surface area contributed by atoms with E-state index in [4.69, 9.17) is 20.0 Å². The lowest BCUT2D eigenvalue weighted by Crippen LogP contribution is -2.31. The highest BCUT2D eigenvalue weighted by Gasteiger charge is 2.16. The molecule has 3 N–H and O–H groups in total. The van der Waals surface area contributed by atoms with E-state index in [0.29, 0.717) is 39.3 Å². The number of nitrogens with two attached hydrogens (primary N) is 1. The Balaban J connectivity index is 1.53. The van der Waals surface area contributed by atoms with E-state index in [1.165, 1.54) is 11.1 Å². The van der Waals surface area contributed by atoms with Gasteiger partial charge in [-0.2, -0.15) is 4.73 Å². The molecule has 3 rings (SSSR count). The number of rotatable bonds is 13. The molecule has 8 nitrogen and oxygen atoms in total. The number of nitrogens with one attached hydrogen (secondary N) is 1. The molecular formula is C22H26N4O4. The summed E-state index contributed by atoms with van der Waals surface area (Å²) in [6.45, 7) is 1.84. The van der Waals surface area contributed by atoms with Crippen molar-refractivity contribution in [3.05, 3.63) is 78.1 Å². The first-order chi connectivity index (χ1) is 14.8. The molecule has 0 aliphatic heterocycles. The SMILES string of the molecule is Nc1c(NC=O)ncn1O[C@H](CCOCc1ccccc1)COCc1ccccc1. The number of aromatic nitrogens is 2. The number of hydrogen-bond donors (Lipinski definition) is 2. The maximum atomic E-state index is 10.6. The van der Waals surface area contributed by atoms with Crippen molar-refractivity contribution in [1.29, 1.82) is 0 Å². The number of amides is 1. The maximum Gasteiger partial charge on any atom is 0.212 e. The summed E-state index contributed by atoms with van der Waals surface area (Å²) in [6, 6.07) is 19.9. The zero-order valence-corrected chi connectivity index (χ0v) is 16.6. The van der Waals surface area contributed by atoms with Gasteiger partial charge in [-0.3, -0.25) is 4.79 Å². The van der Waals surface area contributed by atoms with Crippen LogP contribution in [-0.2, 0) is 27.5 Å². The van der Waals surface area contributed by atoms with Crippen molar-refractivity contribution >= 4 is 18.0 Å². The van der Waals surface area contributed by atoms with Gasteiger partial charge in [0, 0.05) is 6.42 Å². The highest BCUT2D eigenvalue weighted by molar-refractivity contribution is 5.74. The van der Waals surface area contributed by atoms with Gasteiger partial charge in [-0.05, 0) is 11.1 Å². The van der Waals surface area contributed by atoms with Gasteiger partial charge >= 0.3 is 0 Å². The minimum Gasteiger partial charge on any atom is -0.405 e. The van der Waals surface area contributed by atoms with Crippen molar-refractivity contribution in [1.82, 2.24) is 9.71 Å². The minimum absolute atomic E-state index is 0.209. The summed E-state index contributed by atoms with van der Waals surface area (Å²) in [5.41, 5.74) is 8.16. The van der Waals surface area contributed by atoms with Crippen LogP contribution in [0.3, 0.4) is 0 Å². The number of carbonyl (C=O) groups is 1. The van der Waals surface area contributed by atoms with Crippen molar-refractivity contribution in [3.63, 3.8) is 0 Å². The summed E-state index contributed by atoms with van der Waals surface area (Å²) in [7, 11) is 0. The van der Waals surface area contributed by atoms with Crippen LogP contribution >= 0.6 is 0 Å². The Morgan fingerprint density at radius 2 is 1.63 bits per heavy atom. The first-order valence-electron chi connectivity index (χ1n) is 9.69. The molecule has 0 saturated heterocycles. The molecule has 2 aromatic carbocycles. The third-order valence-electron chi connectivity index (χ3n) is 4.34. The lowest BCUT2D eigenvalue weighted by Gasteiger charge is -2.20. The van der Waals surface area contributed by atoms with Crippen LogP contribution in [-0.4, -0.2) is 35.4 Å². The predicted molar refractivity (Wildman–Crippen MR) is 114 cm³/mol. The monoisotopic (exact) mass is 410 g/mol. The fourth-order valence-corrected chi connectivity index (χ4v) is 2.78. The molecule has 158 valence electrons. The van der Waals surface area contributed by atoms with Gasteiger partial charge < -0.3 is 25.4 Å². The van der Waals surface area contributed by atoms with Crippen LogP contribution in [0.25, 0.3) is 0 Å². The van der Waals surface area contributed by atoms with Crippen LogP contribution in [0.15, 0.2) is 67.0 Å². The summed E-state index contributed by atoms with van der Waals surface area (Å²) in [6.07, 6.45) is 2.21. The van der Waals surface area contributed by atoms with Gasteiger partial charge in [0.1, 0.15) is 6.33 Å². The van der Waals surface area contributed by atoms with Crippen molar-refractivity contribution in [2.75, 3.05) is 24.3 Å². The first kappa shape index (κ1) is 21.4. The standard InChI is InChI=1S/C22H26N4O4/c23-21-22(25-17-27)24-16-26(21)30-20(15-29-14-19-9-5-2-6-10-19)11-12-28-13-18-7-3-1-4-8-18/h1-10,16-17,20H,11-15,23H2,(H,25,27)/t20-/m1/s1. The van der Waals surface area contributed by atoms with Gasteiger partial charge in [0.15, 0.2) is 17.7 Å². The second kappa shape index (κ2) is 11.6. The Morgan fingerprint density at radius 1 is 1.00 bits per heavy atom. The molecule has 0 spiro atoms. The van der Waals surface area contributed by atoms with Gasteiger partial charge in [-0.15, -0.1) is 0 Å². The van der Waals surface area contributed by atoms with E-state index in [1.54, 1.807) is 0 Å². The van der Waals surface area contributed by atoms with Crippen LogP contribution in [0.4, 0.5) is 11.6 Å². The van der Waals surface area contributed by atoms with Crippen molar-refractivity contribution < 1.29 is 19.1 Å². The molecule has 0 aliphatic rings. The van der Waals surface area contributed by atoms with Crippen LogP contribution < -0.4 is 15.9 Å². The third-order valence-corrected chi connectivity index (χ3v) is 4.34. The largest absolute Gasteiger partial charge is 0.405 e. The molecule has 3 aromatic rings. The zero-order chi connectivity index (χ0) is 21.0. The summed E-state index contributed by atoms with van der Waals surface area (Å²) in [4.78, 5) is 20.6. The highest BCUT2D eigenvalue weighted by atomic mass is 16.7. The predicted octanol–water partition coefficient (Wildman–Crippen LogP) is 2.65. The normalized spacial score (nSPS) is 11.7. The Labute approximate surface area is 175 Å². The molecule has 0 radical (unpaired) electrons. The Morgan fingerprint density at radius 3 is 2.27 bits per heavy atom. The number of imidazole rings is 1. The molecule has 0 aliphatic carbocycles. The number of ether oxygens (including phenoxy) is 2. The Bertz CT molecular complexity index is 887. The second-order valence-corrected chi connectivity index (χ2v) is 6.62. The molecule has 1 atom stereocenters. The smallest absolute Gasteiger partial charge is 0.212 e. The lowest BCUT2D eigenvalue weighted by atomic mass is 10.2. The highest BCUT2D eigenvalue weighted by Crippen LogP contribution is 2.15. The summed E-state index contributed by atoms with van der Waals surface area (Å²) < 4.78 is 12.9. The van der Waals surface area contributed by atoms with Gasteiger partial charge in [-0.25, -0.2) is 4.98 Å². The molecule has 30 heavy (non-hydrogen) atoms. The van der Waals surface area contributed by atoms with Gasteiger partial charge in [-0.1, -0.05) is 60.7 Å². The first-order valence-corrected chi connectivity index (χ1v) is 9.69. The minimum atomic E-state index is -0.315. The molecular weight excluding hydrogens is 384 g/mol. The molecule has 8 heteroatoms. The van der Waals surface area contributed by atoms with Crippen molar-refractivity contribution in [2.24, 2.45) is 0 Å². The average molecular weight is 410 g/mol. The maximum absolute atomic E-state index is 10.6. The van der Waals surface area contributed by atoms with E-state index in [9.17, 15) is 4.79 Å². The summed E-state index contributed by atoms with van der Waals surface area (Å²) >= 11 is 0. The molecule has 0 bridgehead atoms. The van der Waals surface area contributed by atoms with Gasteiger partial charge in [0.05, 0.1) is 26.4 Å². The zero-order valence-electron chi connectivity index (χ0n) is 16.6. The number of anilines is 2. The fraction of sp³-hybridized carbons (Fsp3) is 0.273. The number of nitrogens with zero attached hydrogens (tertiary/aromatic N) is 2. The molecule has 1 heterocycles. The molecule has 1 aromatic heterocycles. The molecule has 0 unspecified atom stereocenters. The van der Waals surface area contributed by atoms with E-state index in [2.05, 4.69) is 10.3 Å². The fourth-order valence-electron chi connectivity index (χ4n) is 2.78. The van der Waals surface area contributed by atoms with E-state index < -0.39 is 0 Å². The lowest BCUT2D eigenvalue weighted by molar-refractivity contribution is -0.105. The van der Waals surface area contributed by atoms with E-state index in [-0.39, 0.29) is 17.7 Å². The molecule has 0 fully saturated rings. The number of hydrogen-bond acceptors (Lipinski definition) is 6. The average Bonchev–Trinajstić information content (AvgIpc) is 3.12. The van der Waals surface area contributed by atoms with Gasteiger partial charge in [0.2, 0.25) is 6.41 Å².